The van der Waals surface area contributed by atoms with Crippen LogP contribution in [0, 0.1) is 11.8 Å². The number of aliphatic hydroxyl groups excluding tert-OH is 1. The first kappa shape index (κ1) is 63.2. The Morgan fingerprint density at radius 1 is 0.569 bits per heavy atom. The molecule has 0 bridgehead atoms. The number of nitrogens with one attached hydrogen (secondary N) is 8. The number of aliphatic carboxylic acids is 2. The fourth-order valence-corrected chi connectivity index (χ4v) is 6.99. The van der Waals surface area contributed by atoms with Gasteiger partial charge in [0.05, 0.1) is 25.6 Å². The minimum Gasteiger partial charge on any atom is -0.481 e. The summed E-state index contributed by atoms with van der Waals surface area (Å²) >= 11 is 0. The van der Waals surface area contributed by atoms with Crippen LogP contribution in [0.2, 0.25) is 0 Å². The average Bonchev–Trinajstić information content (AvgIpc) is 3.31. The number of hydrogen-bond donors (Lipinski definition) is 15. The molecule has 0 heterocycles. The highest BCUT2D eigenvalue weighted by Gasteiger charge is 2.35. The molecule has 9 amide bonds. The second kappa shape index (κ2) is 33.7. The lowest BCUT2D eigenvalue weighted by Crippen LogP contribution is -2.60. The van der Waals surface area contributed by atoms with Gasteiger partial charge in [-0.25, -0.2) is 4.79 Å². The van der Waals surface area contributed by atoms with E-state index in [2.05, 4.69) is 42.5 Å². The van der Waals surface area contributed by atoms with Crippen LogP contribution in [0.5, 0.6) is 0 Å². The number of carbonyl (C=O) groups excluding carboxylic acids is 9. The van der Waals surface area contributed by atoms with Gasteiger partial charge in [0.25, 0.3) is 0 Å². The van der Waals surface area contributed by atoms with Crippen LogP contribution in [0.1, 0.15) is 97.5 Å². The molecule has 26 nitrogen and oxygen atoms in total. The first-order chi connectivity index (χ1) is 33.9. The number of carbonyl (C=O) groups is 11. The molecule has 8 atom stereocenters. The van der Waals surface area contributed by atoms with Gasteiger partial charge in [-0.3, -0.25) is 47.9 Å². The second-order valence-electron chi connectivity index (χ2n) is 18.0. The van der Waals surface area contributed by atoms with E-state index in [1.54, 1.807) is 58.0 Å². The van der Waals surface area contributed by atoms with Crippen molar-refractivity contribution in [3.05, 3.63) is 35.9 Å². The Bertz CT molecular complexity index is 1970. The fraction of sp³-hybridized carbons (Fsp3) is 0.630. The summed E-state index contributed by atoms with van der Waals surface area (Å²) < 4.78 is 0. The summed E-state index contributed by atoms with van der Waals surface area (Å²) in [6.45, 7) is 5.37. The van der Waals surface area contributed by atoms with Crippen LogP contribution in [0.25, 0.3) is 0 Å². The lowest BCUT2D eigenvalue weighted by molar-refractivity contribution is -0.144. The Balaban J connectivity index is 3.23. The van der Waals surface area contributed by atoms with Crippen LogP contribution < -0.4 is 65.5 Å². The quantitative estimate of drug-likeness (QED) is 0.0284. The second-order valence-corrected chi connectivity index (χ2v) is 18.0. The molecule has 0 radical (unpaired) electrons. The van der Waals surface area contributed by atoms with E-state index in [1.165, 1.54) is 0 Å². The molecule has 1 rings (SSSR count). The van der Waals surface area contributed by atoms with E-state index >= 15 is 0 Å². The molecule has 0 aromatic heterocycles. The number of carboxylic acid groups (broad SMARTS) is 2. The van der Waals surface area contributed by atoms with Gasteiger partial charge >= 0.3 is 11.9 Å². The zero-order chi connectivity index (χ0) is 54.5. The van der Waals surface area contributed by atoms with Crippen molar-refractivity contribution in [1.82, 2.24) is 42.5 Å². The van der Waals surface area contributed by atoms with Crippen LogP contribution >= 0.6 is 0 Å². The monoisotopic (exact) mass is 1020 g/mol. The number of amides is 9. The summed E-state index contributed by atoms with van der Waals surface area (Å²) in [6.07, 6.45) is -0.230. The molecular formula is C46H76N12O14. The van der Waals surface area contributed by atoms with E-state index in [9.17, 15) is 68.1 Å². The van der Waals surface area contributed by atoms with Gasteiger partial charge in [-0.05, 0) is 88.3 Å². The Kier molecular flexibility index (Phi) is 29.6. The van der Waals surface area contributed by atoms with E-state index < -0.39 is 152 Å². The van der Waals surface area contributed by atoms with Crippen LogP contribution in [0.4, 0.5) is 0 Å². The maximum absolute atomic E-state index is 13.7. The summed E-state index contributed by atoms with van der Waals surface area (Å²) in [5.41, 5.74) is 23.4. The zero-order valence-corrected chi connectivity index (χ0v) is 41.4. The number of rotatable bonds is 36. The largest absolute Gasteiger partial charge is 0.481 e. The summed E-state index contributed by atoms with van der Waals surface area (Å²) in [7, 11) is 0. The number of benzene rings is 1. The van der Waals surface area contributed by atoms with E-state index in [4.69, 9.17) is 22.9 Å². The molecular weight excluding hydrogens is 945 g/mol. The van der Waals surface area contributed by atoms with Gasteiger partial charge in [-0.2, -0.15) is 0 Å². The molecule has 0 saturated carbocycles. The number of nitrogens with two attached hydrogens (primary N) is 4. The number of aliphatic hydroxyl groups is 1. The smallest absolute Gasteiger partial charge is 0.326 e. The van der Waals surface area contributed by atoms with Crippen molar-refractivity contribution in [2.24, 2.45) is 34.8 Å². The molecule has 26 heteroatoms. The van der Waals surface area contributed by atoms with Crippen molar-refractivity contribution >= 4 is 65.1 Å². The van der Waals surface area contributed by atoms with Crippen LogP contribution in [-0.2, 0) is 59.2 Å². The highest BCUT2D eigenvalue weighted by atomic mass is 16.4. The number of carboxylic acids is 2. The van der Waals surface area contributed by atoms with Crippen LogP contribution in [0.15, 0.2) is 30.3 Å². The summed E-state index contributed by atoms with van der Waals surface area (Å²) in [5.74, 6) is -12.1. The molecule has 404 valence electrons. The van der Waals surface area contributed by atoms with E-state index in [-0.39, 0.29) is 51.1 Å². The topological polar surface area (TPSA) is 449 Å². The maximum Gasteiger partial charge on any atom is 0.326 e. The maximum atomic E-state index is 13.7. The Labute approximate surface area is 418 Å². The molecule has 0 aliphatic rings. The third-order valence-electron chi connectivity index (χ3n) is 10.9. The Hall–Kier alpha value is -6.77. The molecule has 0 aliphatic heterocycles. The van der Waals surface area contributed by atoms with Gasteiger partial charge in [0.2, 0.25) is 53.2 Å². The summed E-state index contributed by atoms with van der Waals surface area (Å²) in [4.78, 5) is 143. The predicted octanol–water partition coefficient (Wildman–Crippen LogP) is -4.16. The number of primary amides is 1. The SMILES string of the molecule is CC(C)C[C@H](NC(=O)[C@@H](N)Cc1ccccc1)C(=O)NCC(=O)N[C@@H](CCC(N)=O)C(=O)N[C@@H](CC(=O)O)C(=O)N[C@@H](CO)C(=O)N[C@@H](CCCCN)C(=O)N[C@@H](CCCCN)C(=O)N[C@H](C(=O)O)C(C)C. The summed E-state index contributed by atoms with van der Waals surface area (Å²) in [5, 5.41) is 48.4. The standard InChI is InChI=1S/C46H76N12O14/c1-25(2)20-32(55-39(64)28(49)21-27-12-6-5-7-13-27)40(65)51-23-36(61)52-31(16-17-35(50)60)42(67)56-33(22-37(62)63)44(69)57-34(24-59)45(70)54-29(14-8-10-18-47)41(66)53-30(15-9-11-19-48)43(68)58-38(26(3)4)46(71)72/h5-7,12-13,25-26,28-34,38,59H,8-11,14-24,47-49H2,1-4H3,(H2,50,60)(H,51,65)(H,52,61)(H,53,66)(H,54,70)(H,55,64)(H,56,67)(H,57,69)(H,58,68)(H,62,63)(H,71,72)/t28-,29-,30-,31-,32-,33-,34-,38-/m0/s1. The third-order valence-corrected chi connectivity index (χ3v) is 10.9. The molecule has 0 aliphatic carbocycles. The minimum absolute atomic E-state index is 0.0459. The summed E-state index contributed by atoms with van der Waals surface area (Å²) in [6, 6.07) is -2.63. The first-order valence-electron chi connectivity index (χ1n) is 23.9. The zero-order valence-electron chi connectivity index (χ0n) is 41.4. The highest BCUT2D eigenvalue weighted by molar-refractivity contribution is 5.98. The van der Waals surface area contributed by atoms with Crippen molar-refractivity contribution in [2.75, 3.05) is 26.2 Å². The van der Waals surface area contributed by atoms with E-state index in [0.717, 1.165) is 5.56 Å². The van der Waals surface area contributed by atoms with Gasteiger partial charge < -0.3 is 80.8 Å². The van der Waals surface area contributed by atoms with Crippen molar-refractivity contribution in [2.45, 2.75) is 147 Å². The van der Waals surface area contributed by atoms with Crippen molar-refractivity contribution in [3.8, 4) is 0 Å². The number of hydrogen-bond acceptors (Lipinski definition) is 15. The van der Waals surface area contributed by atoms with Crippen molar-refractivity contribution < 1.29 is 68.1 Å². The lowest BCUT2D eigenvalue weighted by atomic mass is 10.0. The molecule has 72 heavy (non-hydrogen) atoms. The molecule has 0 spiro atoms. The minimum atomic E-state index is -1.98. The molecule has 19 N–H and O–H groups in total. The average molecular weight is 1020 g/mol. The molecule has 1 aromatic rings. The van der Waals surface area contributed by atoms with E-state index in [0.29, 0.717) is 19.3 Å². The molecule has 0 fully saturated rings. The molecule has 0 saturated heterocycles. The molecule has 1 aromatic carbocycles. The van der Waals surface area contributed by atoms with Crippen LogP contribution in [0.3, 0.4) is 0 Å². The predicted molar refractivity (Wildman–Crippen MR) is 260 cm³/mol. The van der Waals surface area contributed by atoms with Gasteiger partial charge in [-0.15, -0.1) is 0 Å². The fourth-order valence-electron chi connectivity index (χ4n) is 6.99. The highest BCUT2D eigenvalue weighted by Crippen LogP contribution is 2.11. The molecule has 0 unspecified atom stereocenters. The van der Waals surface area contributed by atoms with Gasteiger partial charge in [0, 0.05) is 6.42 Å². The van der Waals surface area contributed by atoms with Gasteiger partial charge in [0.1, 0.15) is 42.3 Å². The third kappa shape index (κ3) is 24.9. The van der Waals surface area contributed by atoms with Crippen LogP contribution in [-0.4, -0.2) is 155 Å². The normalized spacial score (nSPS) is 14.4. The van der Waals surface area contributed by atoms with E-state index in [1.807, 2.05) is 0 Å². The van der Waals surface area contributed by atoms with Gasteiger partial charge in [-0.1, -0.05) is 58.0 Å². The van der Waals surface area contributed by atoms with Crippen molar-refractivity contribution in [1.29, 1.82) is 0 Å². The van der Waals surface area contributed by atoms with Crippen molar-refractivity contribution in [3.63, 3.8) is 0 Å². The number of unbranched alkanes of at least 4 members (excludes halogenated alkanes) is 2. The Morgan fingerprint density at radius 3 is 1.51 bits per heavy atom. The Morgan fingerprint density at radius 2 is 1.04 bits per heavy atom. The van der Waals surface area contributed by atoms with Gasteiger partial charge in [0.15, 0.2) is 0 Å². The lowest BCUT2D eigenvalue weighted by Gasteiger charge is -2.27. The first-order valence-corrected chi connectivity index (χ1v) is 23.9.